The predicted molar refractivity (Wildman–Crippen MR) is 38.0 cm³/mol. The molecule has 11 heavy (non-hydrogen) atoms. The Morgan fingerprint density at radius 1 is 1.73 bits per heavy atom. The van der Waals surface area contributed by atoms with Crippen LogP contribution in [0.4, 0.5) is 0 Å². The van der Waals surface area contributed by atoms with Crippen molar-refractivity contribution in [2.45, 2.75) is 25.7 Å². The Morgan fingerprint density at radius 3 is 3.27 bits per heavy atom. The van der Waals surface area contributed by atoms with Crippen molar-refractivity contribution in [3.05, 3.63) is 11.6 Å². The summed E-state index contributed by atoms with van der Waals surface area (Å²) in [6, 6.07) is 0. The second kappa shape index (κ2) is 2.43. The Bertz CT molecular complexity index is 219. The van der Waals surface area contributed by atoms with Gasteiger partial charge in [0.15, 0.2) is 0 Å². The minimum Gasteiger partial charge on any atom is -0.343 e. The fraction of sp³-hybridized carbons (Fsp3) is 0.625. The van der Waals surface area contributed by atoms with Gasteiger partial charge in [-0.15, -0.1) is 0 Å². The van der Waals surface area contributed by atoms with Crippen LogP contribution in [0.25, 0.3) is 0 Å². The monoisotopic (exact) mass is 154 g/mol. The lowest BCUT2D eigenvalue weighted by Crippen LogP contribution is -2.27. The second-order valence-electron chi connectivity index (χ2n) is 2.75. The van der Waals surface area contributed by atoms with Gasteiger partial charge in [-0.05, 0) is 18.1 Å². The van der Waals surface area contributed by atoms with Gasteiger partial charge in [-0.25, -0.2) is 0 Å². The molecule has 2 aliphatic heterocycles. The number of carbonyl (C=O) groups is 1. The summed E-state index contributed by atoms with van der Waals surface area (Å²) in [5.74, 6) is 0.00116. The van der Waals surface area contributed by atoms with Crippen molar-refractivity contribution in [3.63, 3.8) is 0 Å². The van der Waals surface area contributed by atoms with Crippen LogP contribution in [0.5, 0.6) is 0 Å². The van der Waals surface area contributed by atoms with Crippen LogP contribution in [0.1, 0.15) is 13.3 Å². The van der Waals surface area contributed by atoms with Gasteiger partial charge in [-0.2, -0.15) is 0 Å². The summed E-state index contributed by atoms with van der Waals surface area (Å²) >= 11 is 0. The van der Waals surface area contributed by atoms with Gasteiger partial charge in [0.25, 0.3) is 0 Å². The van der Waals surface area contributed by atoms with Crippen LogP contribution in [-0.4, -0.2) is 24.8 Å². The van der Waals surface area contributed by atoms with Crippen LogP contribution in [-0.2, 0) is 14.3 Å². The molecule has 0 aromatic carbocycles. The fourth-order valence-corrected chi connectivity index (χ4v) is 1.39. The third-order valence-corrected chi connectivity index (χ3v) is 2.01. The lowest BCUT2D eigenvalue weighted by molar-refractivity contribution is -0.143. The first-order chi connectivity index (χ1) is 5.31. The van der Waals surface area contributed by atoms with Crippen LogP contribution in [0.2, 0.25) is 0 Å². The molecule has 2 rings (SSSR count). The molecular weight excluding hydrogens is 144 g/mol. The van der Waals surface area contributed by atoms with Crippen LogP contribution in [0, 0.1) is 0 Å². The number of rotatable bonds is 1. The smallest absolute Gasteiger partial charge is 0.223 e. The van der Waals surface area contributed by atoms with Crippen molar-refractivity contribution in [1.82, 2.24) is 0 Å². The zero-order valence-electron chi connectivity index (χ0n) is 6.37. The number of ketones is 1. The summed E-state index contributed by atoms with van der Waals surface area (Å²) in [5, 5.41) is 0. The zero-order chi connectivity index (χ0) is 7.84. The quantitative estimate of drug-likeness (QED) is 0.556. The molecule has 1 saturated heterocycles. The maximum Gasteiger partial charge on any atom is 0.223 e. The molecule has 0 aliphatic carbocycles. The predicted octanol–water partition coefficient (Wildman–Crippen LogP) is 0.647. The lowest BCUT2D eigenvalue weighted by atomic mass is 10.1. The molecule has 0 N–H and O–H groups in total. The van der Waals surface area contributed by atoms with Gasteiger partial charge in [0.2, 0.25) is 12.1 Å². The van der Waals surface area contributed by atoms with E-state index in [4.69, 9.17) is 9.47 Å². The molecule has 1 fully saturated rings. The van der Waals surface area contributed by atoms with E-state index in [1.165, 1.54) is 0 Å². The van der Waals surface area contributed by atoms with E-state index >= 15 is 0 Å². The van der Waals surface area contributed by atoms with Crippen molar-refractivity contribution in [3.8, 4) is 0 Å². The molecule has 2 heterocycles. The SMILES string of the molecule is CCC1=C[C@H]2CO[C@H](O2)C1=O. The maximum atomic E-state index is 11.3. The molecule has 2 aliphatic rings. The van der Waals surface area contributed by atoms with Crippen LogP contribution >= 0.6 is 0 Å². The molecule has 60 valence electrons. The number of hydrogen-bond donors (Lipinski definition) is 0. The summed E-state index contributed by atoms with van der Waals surface area (Å²) in [7, 11) is 0. The summed E-state index contributed by atoms with van der Waals surface area (Å²) in [6.45, 7) is 2.49. The van der Waals surface area contributed by atoms with Crippen molar-refractivity contribution in [2.24, 2.45) is 0 Å². The molecule has 0 aromatic heterocycles. The number of fused-ring (bicyclic) bond motifs is 2. The van der Waals surface area contributed by atoms with Gasteiger partial charge in [0.05, 0.1) is 6.61 Å². The first kappa shape index (κ1) is 7.00. The van der Waals surface area contributed by atoms with Gasteiger partial charge in [0, 0.05) is 0 Å². The highest BCUT2D eigenvalue weighted by molar-refractivity contribution is 5.98. The number of hydrogen-bond acceptors (Lipinski definition) is 3. The maximum absolute atomic E-state index is 11.3. The van der Waals surface area contributed by atoms with Crippen molar-refractivity contribution < 1.29 is 14.3 Å². The van der Waals surface area contributed by atoms with E-state index in [0.717, 1.165) is 12.0 Å². The van der Waals surface area contributed by atoms with Gasteiger partial charge in [-0.3, -0.25) is 4.79 Å². The van der Waals surface area contributed by atoms with Crippen LogP contribution < -0.4 is 0 Å². The molecule has 0 saturated carbocycles. The van der Waals surface area contributed by atoms with Crippen LogP contribution in [0.15, 0.2) is 11.6 Å². The third-order valence-electron chi connectivity index (χ3n) is 2.01. The molecule has 0 radical (unpaired) electrons. The van der Waals surface area contributed by atoms with Crippen molar-refractivity contribution in [2.75, 3.05) is 6.61 Å². The molecular formula is C8H10O3. The summed E-state index contributed by atoms with van der Waals surface area (Å²) in [4.78, 5) is 11.3. The first-order valence-corrected chi connectivity index (χ1v) is 3.83. The van der Waals surface area contributed by atoms with Crippen LogP contribution in [0.3, 0.4) is 0 Å². The lowest BCUT2D eigenvalue weighted by Gasteiger charge is -2.15. The standard InChI is InChI=1S/C8H10O3/c1-2-5-3-6-4-10-8(11-6)7(5)9/h3,6,8H,2,4H2,1H3/t6-,8+/m0/s1. The third kappa shape index (κ3) is 1.01. The average Bonchev–Trinajstić information content (AvgIpc) is 2.42. The Kier molecular flexibility index (Phi) is 1.55. The van der Waals surface area contributed by atoms with Gasteiger partial charge in [0.1, 0.15) is 6.10 Å². The topological polar surface area (TPSA) is 35.5 Å². The molecule has 3 nitrogen and oxygen atoms in total. The molecule has 0 unspecified atom stereocenters. The van der Waals surface area contributed by atoms with E-state index in [0.29, 0.717) is 6.61 Å². The number of carbonyl (C=O) groups excluding carboxylic acids is 1. The van der Waals surface area contributed by atoms with Crippen molar-refractivity contribution in [1.29, 1.82) is 0 Å². The van der Waals surface area contributed by atoms with Gasteiger partial charge >= 0.3 is 0 Å². The number of ether oxygens (including phenoxy) is 2. The van der Waals surface area contributed by atoms with Gasteiger partial charge < -0.3 is 9.47 Å². The summed E-state index contributed by atoms with van der Waals surface area (Å²) in [5.41, 5.74) is 0.851. The Balaban J connectivity index is 2.27. The molecule has 2 bridgehead atoms. The second-order valence-corrected chi connectivity index (χ2v) is 2.75. The summed E-state index contributed by atoms with van der Waals surface area (Å²) in [6.07, 6.45) is 2.07. The van der Waals surface area contributed by atoms with E-state index in [-0.39, 0.29) is 11.9 Å². The Labute approximate surface area is 65.0 Å². The minimum atomic E-state index is -0.597. The van der Waals surface area contributed by atoms with E-state index in [1.807, 2.05) is 13.0 Å². The highest BCUT2D eigenvalue weighted by atomic mass is 16.7. The van der Waals surface area contributed by atoms with E-state index in [1.54, 1.807) is 0 Å². The van der Waals surface area contributed by atoms with Crippen molar-refractivity contribution >= 4 is 5.78 Å². The zero-order valence-corrected chi connectivity index (χ0v) is 6.37. The number of Topliss-reactive ketones (excluding diaryl/α,β-unsaturated/α-hetero) is 1. The fourth-order valence-electron chi connectivity index (χ4n) is 1.39. The highest BCUT2D eigenvalue weighted by Gasteiger charge is 2.36. The van der Waals surface area contributed by atoms with E-state index < -0.39 is 6.29 Å². The largest absolute Gasteiger partial charge is 0.343 e. The van der Waals surface area contributed by atoms with Gasteiger partial charge in [-0.1, -0.05) is 6.92 Å². The Morgan fingerprint density at radius 2 is 2.55 bits per heavy atom. The minimum absolute atomic E-state index is 0.00116. The summed E-state index contributed by atoms with van der Waals surface area (Å²) < 4.78 is 10.3. The first-order valence-electron chi connectivity index (χ1n) is 3.83. The molecule has 0 spiro atoms. The molecule has 3 heteroatoms. The Hall–Kier alpha value is -0.670. The molecule has 2 atom stereocenters. The highest BCUT2D eigenvalue weighted by Crippen LogP contribution is 2.24. The van der Waals surface area contributed by atoms with E-state index in [2.05, 4.69) is 0 Å². The normalized spacial score (nSPS) is 35.7. The van der Waals surface area contributed by atoms with E-state index in [9.17, 15) is 4.79 Å². The molecule has 0 amide bonds. The average molecular weight is 154 g/mol. The molecule has 0 aromatic rings.